The quantitative estimate of drug-likeness (QED) is 0.448. The number of unbranched alkanes of at least 4 members (excludes halogenated alkanes) is 5. The van der Waals surface area contributed by atoms with Gasteiger partial charge >= 0.3 is 0 Å². The molecule has 0 aromatic rings. The summed E-state index contributed by atoms with van der Waals surface area (Å²) >= 11 is 0. The van der Waals surface area contributed by atoms with Crippen molar-refractivity contribution < 1.29 is 17.8 Å². The van der Waals surface area contributed by atoms with Crippen molar-refractivity contribution in [1.82, 2.24) is 5.32 Å². The van der Waals surface area contributed by atoms with Crippen molar-refractivity contribution in [3.63, 3.8) is 0 Å². The van der Waals surface area contributed by atoms with Crippen LogP contribution in [0.25, 0.3) is 0 Å². The van der Waals surface area contributed by atoms with Crippen LogP contribution in [0.15, 0.2) is 0 Å². The second-order valence-corrected chi connectivity index (χ2v) is 6.08. The molecule has 0 aliphatic rings. The summed E-state index contributed by atoms with van der Waals surface area (Å²) in [4.78, 5) is 11.4. The third-order valence-corrected chi connectivity index (χ3v) is 3.46. The Bertz CT molecular complexity index is 314. The van der Waals surface area contributed by atoms with Crippen molar-refractivity contribution in [3.05, 3.63) is 0 Å². The lowest BCUT2D eigenvalue weighted by Crippen LogP contribution is -2.24. The van der Waals surface area contributed by atoms with Crippen LogP contribution in [0.1, 0.15) is 58.3 Å². The number of nitrogens with one attached hydrogen (secondary N) is 1. The summed E-state index contributed by atoms with van der Waals surface area (Å²) in [6.07, 6.45) is 7.08. The predicted octanol–water partition coefficient (Wildman–Crippen LogP) is 2.13. The molecule has 0 spiro atoms. The van der Waals surface area contributed by atoms with E-state index in [-0.39, 0.29) is 11.7 Å². The molecule has 108 valence electrons. The van der Waals surface area contributed by atoms with E-state index in [0.717, 1.165) is 12.8 Å². The van der Waals surface area contributed by atoms with E-state index in [4.69, 9.17) is 4.55 Å². The highest BCUT2D eigenvalue weighted by Crippen LogP contribution is 2.04. The molecule has 5 nitrogen and oxygen atoms in total. The molecule has 0 aliphatic carbocycles. The van der Waals surface area contributed by atoms with Crippen LogP contribution in [0.2, 0.25) is 0 Å². The Morgan fingerprint density at radius 3 is 2.33 bits per heavy atom. The van der Waals surface area contributed by atoms with E-state index in [1.165, 1.54) is 19.3 Å². The average molecular weight is 279 g/mol. The van der Waals surface area contributed by atoms with Crippen LogP contribution < -0.4 is 5.32 Å². The molecule has 0 unspecified atom stereocenters. The fraction of sp³-hybridized carbons (Fsp3) is 0.917. The molecule has 0 fully saturated rings. The first-order chi connectivity index (χ1) is 8.45. The van der Waals surface area contributed by atoms with E-state index in [1.54, 1.807) is 0 Å². The summed E-state index contributed by atoms with van der Waals surface area (Å²) in [5.74, 6) is -0.210. The van der Waals surface area contributed by atoms with Crippen molar-refractivity contribution in [2.45, 2.75) is 58.3 Å². The molecular formula is C12H25NO4S. The molecule has 0 rings (SSSR count). The molecule has 0 aromatic carbocycles. The first-order valence-electron chi connectivity index (χ1n) is 6.67. The number of carbonyl (C=O) groups is 1. The highest BCUT2D eigenvalue weighted by Gasteiger charge is 2.04. The first kappa shape index (κ1) is 17.4. The fourth-order valence-corrected chi connectivity index (χ4v) is 2.18. The largest absolute Gasteiger partial charge is 0.356 e. The van der Waals surface area contributed by atoms with Crippen LogP contribution in [0.5, 0.6) is 0 Å². The zero-order valence-corrected chi connectivity index (χ0v) is 12.0. The van der Waals surface area contributed by atoms with Crippen molar-refractivity contribution in [2.75, 3.05) is 12.3 Å². The zero-order valence-electron chi connectivity index (χ0n) is 11.2. The molecule has 0 saturated heterocycles. The Kier molecular flexibility index (Phi) is 9.96. The van der Waals surface area contributed by atoms with E-state index < -0.39 is 10.1 Å². The fourth-order valence-electron chi connectivity index (χ4n) is 1.61. The van der Waals surface area contributed by atoms with Crippen molar-refractivity contribution in [3.8, 4) is 0 Å². The molecule has 1 amide bonds. The number of amides is 1. The Labute approximate surface area is 110 Å². The number of rotatable bonds is 11. The molecule has 18 heavy (non-hydrogen) atoms. The molecule has 0 radical (unpaired) electrons. The molecule has 6 heteroatoms. The number of hydrogen-bond acceptors (Lipinski definition) is 3. The van der Waals surface area contributed by atoms with Crippen molar-refractivity contribution >= 4 is 16.0 Å². The maximum absolute atomic E-state index is 11.4. The van der Waals surface area contributed by atoms with Crippen molar-refractivity contribution in [1.29, 1.82) is 0 Å². The van der Waals surface area contributed by atoms with Gasteiger partial charge < -0.3 is 5.32 Å². The monoisotopic (exact) mass is 279 g/mol. The van der Waals surface area contributed by atoms with Gasteiger partial charge in [-0.15, -0.1) is 0 Å². The lowest BCUT2D eigenvalue weighted by molar-refractivity contribution is -0.121. The molecule has 0 saturated carbocycles. The van der Waals surface area contributed by atoms with Gasteiger partial charge in [-0.05, 0) is 19.3 Å². The molecule has 2 N–H and O–H groups in total. The summed E-state index contributed by atoms with van der Waals surface area (Å²) in [5.41, 5.74) is 0. The molecule has 0 aromatic heterocycles. The van der Waals surface area contributed by atoms with Gasteiger partial charge in [0, 0.05) is 13.0 Å². The van der Waals surface area contributed by atoms with Gasteiger partial charge in [0.05, 0.1) is 5.75 Å². The van der Waals surface area contributed by atoms with Gasteiger partial charge in [0.1, 0.15) is 0 Å². The average Bonchev–Trinajstić information content (AvgIpc) is 2.27. The number of hydrogen-bond donors (Lipinski definition) is 2. The highest BCUT2D eigenvalue weighted by atomic mass is 32.2. The van der Waals surface area contributed by atoms with Crippen LogP contribution >= 0.6 is 0 Å². The van der Waals surface area contributed by atoms with Gasteiger partial charge in [-0.3, -0.25) is 9.35 Å². The minimum atomic E-state index is -3.86. The molecule has 0 bridgehead atoms. The summed E-state index contributed by atoms with van der Waals surface area (Å²) in [6, 6.07) is 0. The third-order valence-electron chi connectivity index (χ3n) is 2.66. The topological polar surface area (TPSA) is 83.5 Å². The van der Waals surface area contributed by atoms with Gasteiger partial charge in [-0.25, -0.2) is 0 Å². The smallest absolute Gasteiger partial charge is 0.264 e. The second kappa shape index (κ2) is 10.3. The Morgan fingerprint density at radius 2 is 1.72 bits per heavy atom. The number of carbonyl (C=O) groups excluding carboxylic acids is 1. The second-order valence-electron chi connectivity index (χ2n) is 4.51. The Hall–Kier alpha value is -0.620. The van der Waals surface area contributed by atoms with Gasteiger partial charge in [-0.1, -0.05) is 32.6 Å². The third kappa shape index (κ3) is 13.4. The van der Waals surface area contributed by atoms with E-state index in [9.17, 15) is 13.2 Å². The standard InChI is InChI=1S/C12H25NO4S/c1-2-3-4-5-6-9-12(14)13-10-7-8-11-18(15,16)17/h2-11H2,1H3,(H,13,14)(H,15,16,17). The Morgan fingerprint density at radius 1 is 1.06 bits per heavy atom. The summed E-state index contributed by atoms with van der Waals surface area (Å²) in [5, 5.41) is 2.74. The van der Waals surface area contributed by atoms with Crippen LogP contribution in [0.3, 0.4) is 0 Å². The molecule has 0 atom stereocenters. The van der Waals surface area contributed by atoms with Crippen LogP contribution in [0, 0.1) is 0 Å². The van der Waals surface area contributed by atoms with Gasteiger partial charge in [0.25, 0.3) is 10.1 Å². The van der Waals surface area contributed by atoms with Crippen LogP contribution in [-0.4, -0.2) is 31.2 Å². The minimum absolute atomic E-state index is 0.0263. The lowest BCUT2D eigenvalue weighted by atomic mass is 10.1. The van der Waals surface area contributed by atoms with E-state index in [1.807, 2.05) is 0 Å². The summed E-state index contributed by atoms with van der Waals surface area (Å²) in [7, 11) is -3.86. The SMILES string of the molecule is CCCCCCCC(=O)NCCCCS(=O)(=O)O. The van der Waals surface area contributed by atoms with E-state index in [2.05, 4.69) is 12.2 Å². The summed E-state index contributed by atoms with van der Waals surface area (Å²) < 4.78 is 29.3. The van der Waals surface area contributed by atoms with E-state index >= 15 is 0 Å². The molecule has 0 heterocycles. The van der Waals surface area contributed by atoms with Crippen LogP contribution in [0.4, 0.5) is 0 Å². The van der Waals surface area contributed by atoms with Gasteiger partial charge in [-0.2, -0.15) is 8.42 Å². The minimum Gasteiger partial charge on any atom is -0.356 e. The normalized spacial score (nSPS) is 11.4. The Balaban J connectivity index is 3.32. The van der Waals surface area contributed by atoms with Crippen LogP contribution in [-0.2, 0) is 14.9 Å². The summed E-state index contributed by atoms with van der Waals surface area (Å²) in [6.45, 7) is 2.63. The predicted molar refractivity (Wildman–Crippen MR) is 72.0 cm³/mol. The highest BCUT2D eigenvalue weighted by molar-refractivity contribution is 7.85. The first-order valence-corrected chi connectivity index (χ1v) is 8.28. The van der Waals surface area contributed by atoms with E-state index in [0.29, 0.717) is 25.8 Å². The van der Waals surface area contributed by atoms with Crippen molar-refractivity contribution in [2.24, 2.45) is 0 Å². The zero-order chi connectivity index (χ0) is 13.9. The maximum Gasteiger partial charge on any atom is 0.264 e. The molecular weight excluding hydrogens is 254 g/mol. The van der Waals surface area contributed by atoms with Gasteiger partial charge in [0.15, 0.2) is 0 Å². The maximum atomic E-state index is 11.4. The molecule has 0 aliphatic heterocycles. The van der Waals surface area contributed by atoms with Gasteiger partial charge in [0.2, 0.25) is 5.91 Å². The lowest BCUT2D eigenvalue weighted by Gasteiger charge is -2.04.